The highest BCUT2D eigenvalue weighted by atomic mass is 32.2. The van der Waals surface area contributed by atoms with Gasteiger partial charge in [-0.25, -0.2) is 13.1 Å². The summed E-state index contributed by atoms with van der Waals surface area (Å²) in [5.41, 5.74) is 0.690. The Morgan fingerprint density at radius 1 is 1.09 bits per heavy atom. The molecule has 0 amide bonds. The monoisotopic (exact) mass is 335 g/mol. The lowest BCUT2D eigenvalue weighted by Gasteiger charge is -2.15. The van der Waals surface area contributed by atoms with Crippen molar-refractivity contribution in [2.75, 3.05) is 11.9 Å². The minimum Gasteiger partial charge on any atom is -0.383 e. The number of nitro benzene ring substituents is 1. The first-order chi connectivity index (χ1) is 10.9. The van der Waals surface area contributed by atoms with E-state index >= 15 is 0 Å². The van der Waals surface area contributed by atoms with E-state index in [2.05, 4.69) is 10.0 Å². The fourth-order valence-corrected chi connectivity index (χ4v) is 3.21. The Morgan fingerprint density at radius 3 is 2.26 bits per heavy atom. The van der Waals surface area contributed by atoms with Crippen LogP contribution in [0.15, 0.2) is 59.5 Å². The molecule has 7 nitrogen and oxygen atoms in total. The van der Waals surface area contributed by atoms with Crippen molar-refractivity contribution in [2.45, 2.75) is 17.9 Å². The lowest BCUT2D eigenvalue weighted by atomic mass is 10.2. The van der Waals surface area contributed by atoms with Crippen LogP contribution in [0.25, 0.3) is 0 Å². The third-order valence-electron chi connectivity index (χ3n) is 3.10. The van der Waals surface area contributed by atoms with Crippen molar-refractivity contribution in [2.24, 2.45) is 0 Å². The van der Waals surface area contributed by atoms with Gasteiger partial charge in [0.05, 0.1) is 9.82 Å². The third kappa shape index (κ3) is 4.76. The van der Waals surface area contributed by atoms with Crippen LogP contribution < -0.4 is 10.0 Å². The molecule has 0 spiro atoms. The van der Waals surface area contributed by atoms with Gasteiger partial charge in [-0.2, -0.15) is 0 Å². The fraction of sp³-hybridized carbons (Fsp3) is 0.200. The van der Waals surface area contributed by atoms with Crippen LogP contribution >= 0.6 is 0 Å². The number of hydrogen-bond donors (Lipinski definition) is 2. The number of sulfonamides is 1. The number of non-ortho nitro benzene ring substituents is 1. The summed E-state index contributed by atoms with van der Waals surface area (Å²) in [5, 5.41) is 13.6. The van der Waals surface area contributed by atoms with E-state index in [1.807, 2.05) is 0 Å². The Bertz CT molecular complexity index is 761. The van der Waals surface area contributed by atoms with Gasteiger partial charge in [-0.15, -0.1) is 0 Å². The molecule has 0 aliphatic heterocycles. The number of rotatable bonds is 7. The lowest BCUT2D eigenvalue weighted by Crippen LogP contribution is -2.37. The normalized spacial score (nSPS) is 12.6. The first kappa shape index (κ1) is 16.9. The Balaban J connectivity index is 1.92. The highest BCUT2D eigenvalue weighted by Gasteiger charge is 2.16. The molecule has 2 aromatic carbocycles. The Morgan fingerprint density at radius 2 is 1.70 bits per heavy atom. The molecule has 0 aromatic heterocycles. The SMILES string of the molecule is C[C@@H](CNc1ccc([N+](=O)[O-])cc1)NS(=O)(=O)c1ccccc1. The minimum atomic E-state index is -3.56. The Labute approximate surface area is 134 Å². The van der Waals surface area contributed by atoms with Crippen LogP contribution in [-0.2, 0) is 10.0 Å². The zero-order valence-corrected chi connectivity index (χ0v) is 13.3. The van der Waals surface area contributed by atoms with Gasteiger partial charge in [-0.05, 0) is 31.2 Å². The molecule has 0 aliphatic carbocycles. The summed E-state index contributed by atoms with van der Waals surface area (Å²) < 4.78 is 26.9. The molecule has 0 heterocycles. The van der Waals surface area contributed by atoms with E-state index in [-0.39, 0.29) is 16.6 Å². The number of nitrogens with one attached hydrogen (secondary N) is 2. The summed E-state index contributed by atoms with van der Waals surface area (Å²) in [6.45, 7) is 2.09. The molecule has 0 radical (unpaired) electrons. The molecule has 0 unspecified atom stereocenters. The van der Waals surface area contributed by atoms with Gasteiger partial charge in [0.25, 0.3) is 5.69 Å². The van der Waals surface area contributed by atoms with E-state index in [9.17, 15) is 18.5 Å². The van der Waals surface area contributed by atoms with E-state index in [0.717, 1.165) is 0 Å². The van der Waals surface area contributed by atoms with Crippen LogP contribution in [-0.4, -0.2) is 25.9 Å². The average molecular weight is 335 g/mol. The smallest absolute Gasteiger partial charge is 0.269 e. The average Bonchev–Trinajstić information content (AvgIpc) is 2.54. The zero-order chi connectivity index (χ0) is 16.9. The molecule has 23 heavy (non-hydrogen) atoms. The van der Waals surface area contributed by atoms with Gasteiger partial charge < -0.3 is 5.32 Å². The van der Waals surface area contributed by atoms with Crippen molar-refractivity contribution in [3.63, 3.8) is 0 Å². The van der Waals surface area contributed by atoms with Crippen molar-refractivity contribution < 1.29 is 13.3 Å². The summed E-state index contributed by atoms with van der Waals surface area (Å²) in [6.07, 6.45) is 0. The van der Waals surface area contributed by atoms with Gasteiger partial charge in [-0.3, -0.25) is 10.1 Å². The van der Waals surface area contributed by atoms with Crippen molar-refractivity contribution in [3.8, 4) is 0 Å². The van der Waals surface area contributed by atoms with E-state index in [0.29, 0.717) is 12.2 Å². The maximum absolute atomic E-state index is 12.2. The molecular formula is C15H17N3O4S. The van der Waals surface area contributed by atoms with Gasteiger partial charge in [-0.1, -0.05) is 18.2 Å². The molecule has 2 aromatic rings. The number of nitro groups is 1. The maximum atomic E-state index is 12.2. The molecule has 0 aliphatic rings. The van der Waals surface area contributed by atoms with Crippen molar-refractivity contribution in [3.05, 3.63) is 64.7 Å². The Hall–Kier alpha value is -2.45. The van der Waals surface area contributed by atoms with Crippen molar-refractivity contribution in [1.82, 2.24) is 4.72 Å². The largest absolute Gasteiger partial charge is 0.383 e. The third-order valence-corrected chi connectivity index (χ3v) is 4.71. The number of hydrogen-bond acceptors (Lipinski definition) is 5. The number of anilines is 1. The highest BCUT2D eigenvalue weighted by Crippen LogP contribution is 2.15. The van der Waals surface area contributed by atoms with Gasteiger partial charge >= 0.3 is 0 Å². The molecule has 0 bridgehead atoms. The lowest BCUT2D eigenvalue weighted by molar-refractivity contribution is -0.384. The molecule has 0 saturated carbocycles. The minimum absolute atomic E-state index is 0.00776. The van der Waals surface area contributed by atoms with E-state index < -0.39 is 14.9 Å². The molecule has 8 heteroatoms. The molecule has 0 fully saturated rings. The van der Waals surface area contributed by atoms with Crippen molar-refractivity contribution >= 4 is 21.4 Å². The summed E-state index contributed by atoms with van der Waals surface area (Å²) in [4.78, 5) is 10.3. The fourth-order valence-electron chi connectivity index (χ4n) is 1.95. The molecule has 122 valence electrons. The van der Waals surface area contributed by atoms with E-state index in [1.165, 1.54) is 24.3 Å². The summed E-state index contributed by atoms with van der Waals surface area (Å²) in [5.74, 6) is 0. The van der Waals surface area contributed by atoms with Crippen LogP contribution in [0.4, 0.5) is 11.4 Å². The Kier molecular flexibility index (Phi) is 5.30. The van der Waals surface area contributed by atoms with Crippen molar-refractivity contribution in [1.29, 1.82) is 0 Å². The standard InChI is InChI=1S/C15H17N3O4S/c1-12(17-23(21,22)15-5-3-2-4-6-15)11-16-13-7-9-14(10-8-13)18(19)20/h2-10,12,16-17H,11H2,1H3/t12-/m0/s1. The van der Waals surface area contributed by atoms with Crippen LogP contribution in [0.2, 0.25) is 0 Å². The predicted octanol–water partition coefficient (Wildman–Crippen LogP) is 2.37. The zero-order valence-electron chi connectivity index (χ0n) is 12.5. The van der Waals surface area contributed by atoms with Crippen LogP contribution in [0.3, 0.4) is 0 Å². The molecule has 0 saturated heterocycles. The molecule has 2 rings (SSSR count). The molecule has 2 N–H and O–H groups in total. The summed E-state index contributed by atoms with van der Waals surface area (Å²) in [7, 11) is -3.56. The number of benzene rings is 2. The van der Waals surface area contributed by atoms with Gasteiger partial charge in [0.1, 0.15) is 0 Å². The number of nitrogens with zero attached hydrogens (tertiary/aromatic N) is 1. The maximum Gasteiger partial charge on any atom is 0.269 e. The van der Waals surface area contributed by atoms with Crippen LogP contribution in [0.5, 0.6) is 0 Å². The van der Waals surface area contributed by atoms with Crippen LogP contribution in [0, 0.1) is 10.1 Å². The topological polar surface area (TPSA) is 101 Å². The molecule has 1 atom stereocenters. The molecular weight excluding hydrogens is 318 g/mol. The summed E-state index contributed by atoms with van der Waals surface area (Å²) >= 11 is 0. The second kappa shape index (κ2) is 7.21. The predicted molar refractivity (Wildman–Crippen MR) is 87.8 cm³/mol. The van der Waals surface area contributed by atoms with Gasteiger partial charge in [0.2, 0.25) is 10.0 Å². The van der Waals surface area contributed by atoms with E-state index in [4.69, 9.17) is 0 Å². The van der Waals surface area contributed by atoms with E-state index in [1.54, 1.807) is 37.3 Å². The first-order valence-electron chi connectivity index (χ1n) is 6.94. The first-order valence-corrected chi connectivity index (χ1v) is 8.42. The second-order valence-electron chi connectivity index (χ2n) is 5.02. The highest BCUT2D eigenvalue weighted by molar-refractivity contribution is 7.89. The van der Waals surface area contributed by atoms with Gasteiger partial charge in [0, 0.05) is 30.4 Å². The van der Waals surface area contributed by atoms with Gasteiger partial charge in [0.15, 0.2) is 0 Å². The van der Waals surface area contributed by atoms with Crippen LogP contribution in [0.1, 0.15) is 6.92 Å². The summed E-state index contributed by atoms with van der Waals surface area (Å²) in [6, 6.07) is 13.7. The quantitative estimate of drug-likeness (QED) is 0.597. The second-order valence-corrected chi connectivity index (χ2v) is 6.73.